The third-order valence-corrected chi connectivity index (χ3v) is 5.71. The van der Waals surface area contributed by atoms with Crippen LogP contribution >= 0.6 is 23.6 Å². The average Bonchev–Trinajstić information content (AvgIpc) is 2.78. The average molecular weight is 339 g/mol. The summed E-state index contributed by atoms with van der Waals surface area (Å²) < 4.78 is 7.58. The van der Waals surface area contributed by atoms with E-state index in [0.717, 1.165) is 55.0 Å². The Kier molecular flexibility index (Phi) is 4.77. The predicted molar refractivity (Wildman–Crippen MR) is 92.6 cm³/mol. The van der Waals surface area contributed by atoms with Crippen molar-refractivity contribution in [2.24, 2.45) is 0 Å². The van der Waals surface area contributed by atoms with Crippen molar-refractivity contribution in [2.75, 3.05) is 32.8 Å². The Labute approximate surface area is 138 Å². The topological polar surface area (TPSA) is 50.3 Å². The quantitative estimate of drug-likeness (QED) is 0.870. The third-order valence-electron chi connectivity index (χ3n) is 4.27. The van der Waals surface area contributed by atoms with Gasteiger partial charge >= 0.3 is 0 Å². The molecule has 1 saturated heterocycles. The van der Waals surface area contributed by atoms with Gasteiger partial charge in [0.15, 0.2) is 4.77 Å². The maximum absolute atomic E-state index is 12.7. The van der Waals surface area contributed by atoms with Gasteiger partial charge in [0.2, 0.25) is 0 Å². The minimum absolute atomic E-state index is 0.0441. The molecule has 1 aliphatic heterocycles. The van der Waals surface area contributed by atoms with E-state index in [2.05, 4.69) is 9.88 Å². The second-order valence-corrected chi connectivity index (χ2v) is 7.29. The van der Waals surface area contributed by atoms with Crippen molar-refractivity contribution in [1.82, 2.24) is 14.5 Å². The summed E-state index contributed by atoms with van der Waals surface area (Å²) in [6.07, 6.45) is 0.922. The van der Waals surface area contributed by atoms with Crippen LogP contribution in [0.2, 0.25) is 0 Å². The molecule has 7 heteroatoms. The van der Waals surface area contributed by atoms with Gasteiger partial charge in [-0.15, -0.1) is 11.3 Å². The Bertz CT molecular complexity index is 784. The molecule has 2 aromatic rings. The molecule has 0 unspecified atom stereocenters. The number of rotatable bonds is 4. The number of hydrogen-bond acceptors (Lipinski definition) is 5. The predicted octanol–water partition coefficient (Wildman–Crippen LogP) is 2.46. The first kappa shape index (κ1) is 15.9. The van der Waals surface area contributed by atoms with Crippen LogP contribution in [0.25, 0.3) is 10.2 Å². The van der Waals surface area contributed by atoms with Crippen LogP contribution in [0.1, 0.15) is 16.9 Å². The van der Waals surface area contributed by atoms with Crippen molar-refractivity contribution >= 4 is 33.8 Å². The molecule has 120 valence electrons. The van der Waals surface area contributed by atoms with Crippen molar-refractivity contribution in [3.05, 3.63) is 25.6 Å². The molecular weight excluding hydrogens is 318 g/mol. The van der Waals surface area contributed by atoms with E-state index < -0.39 is 0 Å². The molecule has 3 heterocycles. The maximum Gasteiger partial charge on any atom is 0.263 e. The fraction of sp³-hybridized carbons (Fsp3) is 0.600. The lowest BCUT2D eigenvalue weighted by Gasteiger charge is -2.26. The van der Waals surface area contributed by atoms with Gasteiger partial charge in [0.05, 0.1) is 18.6 Å². The summed E-state index contributed by atoms with van der Waals surface area (Å²) in [5.74, 6) is 0. The number of hydrogen-bond donors (Lipinski definition) is 1. The van der Waals surface area contributed by atoms with Crippen LogP contribution in [0.5, 0.6) is 0 Å². The molecular formula is C15H21N3O2S2. The Morgan fingerprint density at radius 1 is 1.27 bits per heavy atom. The summed E-state index contributed by atoms with van der Waals surface area (Å²) in [6, 6.07) is 0. The van der Waals surface area contributed by atoms with Gasteiger partial charge < -0.3 is 9.72 Å². The molecule has 0 atom stereocenters. The van der Waals surface area contributed by atoms with Gasteiger partial charge in [0.1, 0.15) is 4.83 Å². The van der Waals surface area contributed by atoms with E-state index >= 15 is 0 Å². The summed E-state index contributed by atoms with van der Waals surface area (Å²) in [5.41, 5.74) is 1.11. The summed E-state index contributed by atoms with van der Waals surface area (Å²) >= 11 is 6.97. The van der Waals surface area contributed by atoms with E-state index in [0.29, 0.717) is 11.3 Å². The molecule has 0 radical (unpaired) electrons. The Balaban J connectivity index is 1.80. The molecule has 5 nitrogen and oxygen atoms in total. The smallest absolute Gasteiger partial charge is 0.263 e. The van der Waals surface area contributed by atoms with E-state index in [1.807, 2.05) is 13.8 Å². The van der Waals surface area contributed by atoms with E-state index in [4.69, 9.17) is 17.0 Å². The number of nitrogens with zero attached hydrogens (tertiary/aromatic N) is 2. The highest BCUT2D eigenvalue weighted by molar-refractivity contribution is 7.71. The van der Waals surface area contributed by atoms with E-state index in [1.54, 1.807) is 15.9 Å². The number of fused-ring (bicyclic) bond motifs is 1. The highest BCUT2D eigenvalue weighted by Crippen LogP contribution is 2.25. The molecule has 0 aromatic carbocycles. The Morgan fingerprint density at radius 3 is 2.73 bits per heavy atom. The number of aryl methyl sites for hydroxylation is 2. The van der Waals surface area contributed by atoms with Gasteiger partial charge in [-0.25, -0.2) is 0 Å². The van der Waals surface area contributed by atoms with Crippen molar-refractivity contribution < 1.29 is 4.74 Å². The summed E-state index contributed by atoms with van der Waals surface area (Å²) in [4.78, 5) is 20.4. The molecule has 22 heavy (non-hydrogen) atoms. The molecule has 3 rings (SSSR count). The first-order valence-electron chi connectivity index (χ1n) is 7.61. The standard InChI is InChI=1S/C15H21N3O2S2/c1-10-11(2)22-13-12(10)14(19)18(15(21)16-13)5-3-4-17-6-8-20-9-7-17/h3-9H2,1-2H3,(H,16,21). The largest absolute Gasteiger partial charge is 0.379 e. The van der Waals surface area contributed by atoms with Gasteiger partial charge in [-0.3, -0.25) is 14.3 Å². The van der Waals surface area contributed by atoms with E-state index in [9.17, 15) is 4.79 Å². The Hall–Kier alpha value is -1.02. The summed E-state index contributed by atoms with van der Waals surface area (Å²) in [5, 5.41) is 0.794. The lowest BCUT2D eigenvalue weighted by atomic mass is 10.2. The number of aromatic amines is 1. The van der Waals surface area contributed by atoms with Crippen molar-refractivity contribution in [1.29, 1.82) is 0 Å². The molecule has 2 aromatic heterocycles. The fourth-order valence-electron chi connectivity index (χ4n) is 2.84. The zero-order valence-corrected chi connectivity index (χ0v) is 14.6. The lowest BCUT2D eigenvalue weighted by Crippen LogP contribution is -2.37. The molecule has 0 aliphatic carbocycles. The summed E-state index contributed by atoms with van der Waals surface area (Å²) in [7, 11) is 0. The van der Waals surface area contributed by atoms with Crippen LogP contribution < -0.4 is 5.56 Å². The van der Waals surface area contributed by atoms with Crippen molar-refractivity contribution in [3.8, 4) is 0 Å². The number of morpholine rings is 1. The minimum atomic E-state index is 0.0441. The highest BCUT2D eigenvalue weighted by atomic mass is 32.1. The first-order valence-corrected chi connectivity index (χ1v) is 8.83. The normalized spacial score (nSPS) is 16.5. The van der Waals surface area contributed by atoms with E-state index in [-0.39, 0.29) is 5.56 Å². The molecule has 1 fully saturated rings. The number of nitrogens with one attached hydrogen (secondary N) is 1. The van der Waals surface area contributed by atoms with Gasteiger partial charge in [-0.1, -0.05) is 0 Å². The van der Waals surface area contributed by atoms with Crippen molar-refractivity contribution in [2.45, 2.75) is 26.8 Å². The molecule has 1 N–H and O–H groups in total. The minimum Gasteiger partial charge on any atom is -0.379 e. The van der Waals surface area contributed by atoms with Gasteiger partial charge in [-0.05, 0) is 38.0 Å². The van der Waals surface area contributed by atoms with Crippen LogP contribution in [0.15, 0.2) is 4.79 Å². The van der Waals surface area contributed by atoms with Crippen LogP contribution in [-0.4, -0.2) is 47.3 Å². The zero-order chi connectivity index (χ0) is 15.7. The van der Waals surface area contributed by atoms with Gasteiger partial charge in [0, 0.05) is 31.1 Å². The molecule has 0 amide bonds. The number of ether oxygens (including phenoxy) is 1. The molecule has 0 spiro atoms. The van der Waals surface area contributed by atoms with E-state index in [1.165, 1.54) is 4.88 Å². The number of aromatic nitrogens is 2. The second-order valence-electron chi connectivity index (χ2n) is 5.68. The molecule has 0 saturated carbocycles. The van der Waals surface area contributed by atoms with Crippen LogP contribution in [0.4, 0.5) is 0 Å². The second kappa shape index (κ2) is 6.62. The highest BCUT2D eigenvalue weighted by Gasteiger charge is 2.14. The van der Waals surface area contributed by atoms with Crippen LogP contribution in [0, 0.1) is 18.6 Å². The monoisotopic (exact) mass is 339 g/mol. The van der Waals surface area contributed by atoms with Gasteiger partial charge in [-0.2, -0.15) is 0 Å². The zero-order valence-electron chi connectivity index (χ0n) is 13.0. The Morgan fingerprint density at radius 2 is 2.00 bits per heavy atom. The van der Waals surface area contributed by atoms with Crippen LogP contribution in [-0.2, 0) is 11.3 Å². The number of H-pyrrole nitrogens is 1. The summed E-state index contributed by atoms with van der Waals surface area (Å²) in [6.45, 7) is 9.25. The molecule has 1 aliphatic rings. The molecule has 0 bridgehead atoms. The lowest BCUT2D eigenvalue weighted by molar-refractivity contribution is 0.0369. The van der Waals surface area contributed by atoms with Crippen LogP contribution in [0.3, 0.4) is 0 Å². The fourth-order valence-corrected chi connectivity index (χ4v) is 4.24. The SMILES string of the molecule is Cc1sc2[nH]c(=S)n(CCCN3CCOCC3)c(=O)c2c1C. The third kappa shape index (κ3) is 3.03. The maximum atomic E-state index is 12.7. The number of thiophene rings is 1. The van der Waals surface area contributed by atoms with Crippen molar-refractivity contribution in [3.63, 3.8) is 0 Å². The first-order chi connectivity index (χ1) is 10.6. The van der Waals surface area contributed by atoms with Gasteiger partial charge in [0.25, 0.3) is 5.56 Å².